The van der Waals surface area contributed by atoms with Crippen LogP contribution in [0.4, 0.5) is 18.9 Å². The monoisotopic (exact) mass is 303 g/mol. The maximum absolute atomic E-state index is 12.5. The summed E-state index contributed by atoms with van der Waals surface area (Å²) >= 11 is 5.82. The number of hydrogen-bond acceptors (Lipinski definition) is 2. The zero-order valence-corrected chi connectivity index (χ0v) is 11.0. The number of rotatable bonds is 2. The van der Waals surface area contributed by atoms with E-state index in [0.29, 0.717) is 0 Å². The van der Waals surface area contributed by atoms with Crippen molar-refractivity contribution >= 4 is 23.2 Å². The van der Waals surface area contributed by atoms with Gasteiger partial charge in [0.25, 0.3) is 5.91 Å². The minimum atomic E-state index is -4.48. The smallest absolute Gasteiger partial charge is 0.416 e. The number of anilines is 1. The van der Waals surface area contributed by atoms with Crippen LogP contribution in [-0.4, -0.2) is 13.0 Å². The highest BCUT2D eigenvalue weighted by Gasteiger charge is 2.31. The summed E-state index contributed by atoms with van der Waals surface area (Å²) < 4.78 is 42.4. The van der Waals surface area contributed by atoms with Gasteiger partial charge in [0.2, 0.25) is 0 Å². The Morgan fingerprint density at radius 3 is 2.50 bits per heavy atom. The van der Waals surface area contributed by atoms with Gasteiger partial charge in [-0.05, 0) is 24.3 Å². The summed E-state index contributed by atoms with van der Waals surface area (Å²) in [4.78, 5) is 13.2. The van der Waals surface area contributed by atoms with E-state index in [9.17, 15) is 18.0 Å². The first-order valence-electron chi connectivity index (χ1n) is 5.47. The average molecular weight is 304 g/mol. The molecule has 7 heteroatoms. The average Bonchev–Trinajstić information content (AvgIpc) is 2.89. The molecule has 0 aliphatic carbocycles. The van der Waals surface area contributed by atoms with E-state index in [2.05, 4.69) is 0 Å². The molecule has 1 amide bonds. The minimum Gasteiger partial charge on any atom is -0.472 e. The molecule has 20 heavy (non-hydrogen) atoms. The van der Waals surface area contributed by atoms with E-state index in [-0.39, 0.29) is 16.3 Å². The second-order valence-corrected chi connectivity index (χ2v) is 4.45. The highest BCUT2D eigenvalue weighted by Crippen LogP contribution is 2.35. The van der Waals surface area contributed by atoms with E-state index in [0.717, 1.165) is 23.1 Å². The molecule has 0 aliphatic heterocycles. The van der Waals surface area contributed by atoms with E-state index in [1.165, 1.54) is 25.6 Å². The molecule has 0 spiro atoms. The number of nitrogens with zero attached hydrogens (tertiary/aromatic N) is 1. The van der Waals surface area contributed by atoms with Crippen molar-refractivity contribution < 1.29 is 22.4 Å². The molecule has 106 valence electrons. The number of amides is 1. The Labute approximate surface area is 117 Å². The van der Waals surface area contributed by atoms with E-state index in [1.807, 2.05) is 0 Å². The van der Waals surface area contributed by atoms with Gasteiger partial charge in [-0.15, -0.1) is 0 Å². The van der Waals surface area contributed by atoms with Crippen molar-refractivity contribution in [2.75, 3.05) is 11.9 Å². The van der Waals surface area contributed by atoms with Crippen LogP contribution in [0.5, 0.6) is 0 Å². The Bertz CT molecular complexity index is 623. The summed E-state index contributed by atoms with van der Waals surface area (Å²) in [6.07, 6.45) is -1.90. The summed E-state index contributed by atoms with van der Waals surface area (Å²) in [5.41, 5.74) is -0.398. The number of halogens is 4. The third kappa shape index (κ3) is 2.80. The molecule has 0 radical (unpaired) electrons. The normalized spacial score (nSPS) is 11.4. The Kier molecular flexibility index (Phi) is 3.76. The lowest BCUT2D eigenvalue weighted by Gasteiger charge is -2.19. The van der Waals surface area contributed by atoms with Crippen molar-refractivity contribution in [1.82, 2.24) is 0 Å². The number of carbonyl (C=O) groups excluding carboxylic acids is 1. The Morgan fingerprint density at radius 1 is 1.30 bits per heavy atom. The van der Waals surface area contributed by atoms with Crippen molar-refractivity contribution in [3.63, 3.8) is 0 Å². The number of alkyl halides is 3. The van der Waals surface area contributed by atoms with E-state index < -0.39 is 17.6 Å². The van der Waals surface area contributed by atoms with Gasteiger partial charge in [0, 0.05) is 7.05 Å². The van der Waals surface area contributed by atoms with Crippen molar-refractivity contribution in [2.24, 2.45) is 0 Å². The highest BCUT2D eigenvalue weighted by molar-refractivity contribution is 6.34. The molecule has 0 fully saturated rings. The first-order valence-corrected chi connectivity index (χ1v) is 5.85. The quantitative estimate of drug-likeness (QED) is 0.832. The SMILES string of the molecule is CN(C(=O)c1ccoc1)c1ccc(C(F)(F)F)cc1Cl. The standard InChI is InChI=1S/C13H9ClF3NO2/c1-18(12(19)8-4-5-20-7-8)11-3-2-9(6-10(11)14)13(15,16)17/h2-7H,1H3. The molecule has 0 saturated carbocycles. The molecule has 3 nitrogen and oxygen atoms in total. The molecule has 2 aromatic rings. The van der Waals surface area contributed by atoms with Crippen LogP contribution < -0.4 is 4.90 Å². The van der Waals surface area contributed by atoms with Gasteiger partial charge in [0.15, 0.2) is 0 Å². The fraction of sp³-hybridized carbons (Fsp3) is 0.154. The molecule has 0 atom stereocenters. The van der Waals surface area contributed by atoms with E-state index in [1.54, 1.807) is 0 Å². The molecule has 0 saturated heterocycles. The maximum Gasteiger partial charge on any atom is 0.416 e. The molecule has 1 heterocycles. The van der Waals surface area contributed by atoms with Crippen LogP contribution in [-0.2, 0) is 6.18 Å². The summed E-state index contributed by atoms with van der Waals surface area (Å²) in [6, 6.07) is 4.27. The largest absolute Gasteiger partial charge is 0.472 e. The molecule has 0 bridgehead atoms. The van der Waals surface area contributed by atoms with Gasteiger partial charge in [-0.3, -0.25) is 4.79 Å². The number of furan rings is 1. The molecule has 0 aliphatic rings. The predicted octanol–water partition coefficient (Wildman–Crippen LogP) is 4.23. The molecular formula is C13H9ClF3NO2. The van der Waals surface area contributed by atoms with Gasteiger partial charge >= 0.3 is 6.18 Å². The molecule has 1 aromatic carbocycles. The lowest BCUT2D eigenvalue weighted by molar-refractivity contribution is -0.137. The predicted molar refractivity (Wildman–Crippen MR) is 67.9 cm³/mol. The first-order chi connectivity index (χ1) is 9.30. The number of carbonyl (C=O) groups is 1. The van der Waals surface area contributed by atoms with Gasteiger partial charge in [-0.2, -0.15) is 13.2 Å². The van der Waals surface area contributed by atoms with E-state index >= 15 is 0 Å². The Balaban J connectivity index is 2.32. The second kappa shape index (κ2) is 5.20. The summed E-state index contributed by atoms with van der Waals surface area (Å²) in [7, 11) is 1.42. The summed E-state index contributed by atoms with van der Waals surface area (Å²) in [5, 5.41) is -0.154. The van der Waals surface area contributed by atoms with E-state index in [4.69, 9.17) is 16.0 Å². The zero-order valence-electron chi connectivity index (χ0n) is 10.2. The fourth-order valence-electron chi connectivity index (χ4n) is 1.64. The number of benzene rings is 1. The summed E-state index contributed by atoms with van der Waals surface area (Å²) in [5.74, 6) is -0.430. The van der Waals surface area contributed by atoms with Gasteiger partial charge in [0.1, 0.15) is 6.26 Å². The van der Waals surface area contributed by atoms with Crippen molar-refractivity contribution in [3.05, 3.63) is 52.9 Å². The zero-order chi connectivity index (χ0) is 14.9. The van der Waals surface area contributed by atoms with Crippen LogP contribution in [0.3, 0.4) is 0 Å². The first kappa shape index (κ1) is 14.5. The topological polar surface area (TPSA) is 33.5 Å². The molecular weight excluding hydrogens is 295 g/mol. The van der Waals surface area contributed by atoms with Crippen molar-refractivity contribution in [2.45, 2.75) is 6.18 Å². The third-order valence-electron chi connectivity index (χ3n) is 2.71. The lowest BCUT2D eigenvalue weighted by Crippen LogP contribution is -2.26. The van der Waals surface area contributed by atoms with Crippen LogP contribution in [0.1, 0.15) is 15.9 Å². The molecule has 0 unspecified atom stereocenters. The van der Waals surface area contributed by atoms with Gasteiger partial charge in [-0.25, -0.2) is 0 Å². The summed E-state index contributed by atoms with van der Waals surface area (Å²) in [6.45, 7) is 0. The lowest BCUT2D eigenvalue weighted by atomic mass is 10.2. The maximum atomic E-state index is 12.5. The van der Waals surface area contributed by atoms with Crippen LogP contribution in [0.2, 0.25) is 5.02 Å². The Morgan fingerprint density at radius 2 is 2.00 bits per heavy atom. The van der Waals surface area contributed by atoms with Crippen molar-refractivity contribution in [3.8, 4) is 0 Å². The van der Waals surface area contributed by atoms with Crippen LogP contribution in [0, 0.1) is 0 Å². The molecule has 1 aromatic heterocycles. The van der Waals surface area contributed by atoms with Gasteiger partial charge in [0.05, 0.1) is 28.1 Å². The van der Waals surface area contributed by atoms with Crippen LogP contribution in [0.15, 0.2) is 41.2 Å². The fourth-order valence-corrected chi connectivity index (χ4v) is 1.95. The molecule has 0 N–H and O–H groups in total. The van der Waals surface area contributed by atoms with Gasteiger partial charge < -0.3 is 9.32 Å². The second-order valence-electron chi connectivity index (χ2n) is 4.04. The van der Waals surface area contributed by atoms with Crippen molar-refractivity contribution in [1.29, 1.82) is 0 Å². The third-order valence-corrected chi connectivity index (χ3v) is 3.01. The van der Waals surface area contributed by atoms with Gasteiger partial charge in [-0.1, -0.05) is 11.6 Å². The van der Waals surface area contributed by atoms with Crippen LogP contribution >= 0.6 is 11.6 Å². The minimum absolute atomic E-state index is 0.154. The highest BCUT2D eigenvalue weighted by atomic mass is 35.5. The Hall–Kier alpha value is -1.95. The number of hydrogen-bond donors (Lipinski definition) is 0. The van der Waals surface area contributed by atoms with Crippen LogP contribution in [0.25, 0.3) is 0 Å². The molecule has 2 rings (SSSR count).